The number of halogens is 1. The van der Waals surface area contributed by atoms with Gasteiger partial charge in [0, 0.05) is 24.7 Å². The van der Waals surface area contributed by atoms with Crippen molar-refractivity contribution < 1.29 is 45.7 Å². The highest BCUT2D eigenvalue weighted by atomic mass is 32.2. The Morgan fingerprint density at radius 1 is 1.17 bits per heavy atom. The van der Waals surface area contributed by atoms with Gasteiger partial charge in [-0.1, -0.05) is 12.1 Å². The number of benzene rings is 2. The maximum Gasteiger partial charge on any atom is 0.407 e. The first-order chi connectivity index (χ1) is 21.6. The van der Waals surface area contributed by atoms with Crippen molar-refractivity contribution in [3.8, 4) is 5.75 Å². The van der Waals surface area contributed by atoms with E-state index in [0.717, 1.165) is 17.2 Å². The standard InChI is InChI=1S/C30H36FN3O10S2/c1-19(2)45(39,40)23-6-3-5-22(13-23)43-18-21(35)16-34(29(37)38)20-14-30(44-17-20)9-11-33(12-10-30)46(41,42)26-15-32-27-24(28(26)36)7-4-8-25(27)31/h3-8,13,15,19-21,35H,9-12,14,16-18H2,1-2H3,(H,32,36)(H,37,38). The highest BCUT2D eigenvalue weighted by Gasteiger charge is 2.47. The lowest BCUT2D eigenvalue weighted by molar-refractivity contribution is -0.0319. The van der Waals surface area contributed by atoms with Crippen LogP contribution in [0, 0.1) is 5.82 Å². The molecule has 3 N–H and O–H groups in total. The Balaban J connectivity index is 1.20. The second-order valence-electron chi connectivity index (χ2n) is 11.9. The van der Waals surface area contributed by atoms with Crippen LogP contribution in [0.4, 0.5) is 9.18 Å². The minimum absolute atomic E-state index is 0.0187. The Bertz CT molecular complexity index is 1890. The molecule has 0 radical (unpaired) electrons. The summed E-state index contributed by atoms with van der Waals surface area (Å²) in [7, 11) is -7.76. The molecule has 3 heterocycles. The predicted molar refractivity (Wildman–Crippen MR) is 165 cm³/mol. The molecule has 2 aliphatic rings. The van der Waals surface area contributed by atoms with E-state index in [9.17, 15) is 41.0 Å². The molecular weight excluding hydrogens is 645 g/mol. The third kappa shape index (κ3) is 6.62. The van der Waals surface area contributed by atoms with Crippen LogP contribution in [0.5, 0.6) is 5.75 Å². The fourth-order valence-electron chi connectivity index (χ4n) is 5.90. The number of hydrogen-bond donors (Lipinski definition) is 3. The summed E-state index contributed by atoms with van der Waals surface area (Å²) in [5.74, 6) is -0.461. The van der Waals surface area contributed by atoms with Gasteiger partial charge >= 0.3 is 6.09 Å². The molecule has 1 aromatic heterocycles. The average molecular weight is 682 g/mol. The number of nitrogens with one attached hydrogen (secondary N) is 1. The molecule has 2 fully saturated rings. The zero-order valence-electron chi connectivity index (χ0n) is 25.3. The van der Waals surface area contributed by atoms with Gasteiger partial charge in [-0.05, 0) is 63.4 Å². The van der Waals surface area contributed by atoms with Gasteiger partial charge in [0.15, 0.2) is 9.84 Å². The van der Waals surface area contributed by atoms with E-state index in [0.29, 0.717) is 0 Å². The van der Waals surface area contributed by atoms with Crippen LogP contribution in [0.1, 0.15) is 33.1 Å². The molecule has 13 nitrogen and oxygen atoms in total. The fourth-order valence-corrected chi connectivity index (χ4v) is 8.48. The van der Waals surface area contributed by atoms with Crippen molar-refractivity contribution in [1.82, 2.24) is 14.2 Å². The minimum Gasteiger partial charge on any atom is -0.491 e. The van der Waals surface area contributed by atoms with E-state index in [1.165, 1.54) is 40.7 Å². The minimum atomic E-state index is -4.22. The summed E-state index contributed by atoms with van der Waals surface area (Å²) in [5, 5.41) is 19.9. The van der Waals surface area contributed by atoms with Crippen LogP contribution in [0.2, 0.25) is 0 Å². The van der Waals surface area contributed by atoms with Gasteiger partial charge in [-0.25, -0.2) is 26.0 Å². The highest BCUT2D eigenvalue weighted by molar-refractivity contribution is 7.92. The van der Waals surface area contributed by atoms with Gasteiger partial charge in [-0.2, -0.15) is 4.31 Å². The summed E-state index contributed by atoms with van der Waals surface area (Å²) in [6.07, 6.45) is -0.749. The summed E-state index contributed by atoms with van der Waals surface area (Å²) in [6.45, 7) is 2.62. The van der Waals surface area contributed by atoms with Crippen LogP contribution >= 0.6 is 0 Å². The number of H-pyrrole nitrogens is 1. The molecule has 0 saturated carbocycles. The molecule has 1 spiro atoms. The SMILES string of the molecule is CC(C)S(=O)(=O)c1cccc(OCC(O)CN(C(=O)O)C2COC3(CCN(S(=O)(=O)c4c[nH]c5c(F)cccc5c4=O)CC3)C2)c1. The number of ether oxygens (including phenoxy) is 2. The molecule has 250 valence electrons. The summed E-state index contributed by atoms with van der Waals surface area (Å²) in [4.78, 5) is 28.4. The number of rotatable bonds is 10. The van der Waals surface area contributed by atoms with Gasteiger partial charge in [0.1, 0.15) is 29.2 Å². The van der Waals surface area contributed by atoms with Crippen LogP contribution < -0.4 is 10.2 Å². The number of para-hydroxylation sites is 1. The molecule has 3 aromatic rings. The second-order valence-corrected chi connectivity index (χ2v) is 16.3. The first kappa shape index (κ1) is 33.8. The van der Waals surface area contributed by atoms with Crippen molar-refractivity contribution in [2.24, 2.45) is 0 Å². The Morgan fingerprint density at radius 2 is 1.87 bits per heavy atom. The number of sulfone groups is 1. The predicted octanol–water partition coefficient (Wildman–Crippen LogP) is 2.58. The van der Waals surface area contributed by atoms with Gasteiger partial charge in [-0.15, -0.1) is 0 Å². The van der Waals surface area contributed by atoms with Gasteiger partial charge in [-0.3, -0.25) is 4.79 Å². The smallest absolute Gasteiger partial charge is 0.407 e. The number of amides is 1. The van der Waals surface area contributed by atoms with Crippen LogP contribution in [0.3, 0.4) is 0 Å². The Kier molecular flexibility index (Phi) is 9.48. The fraction of sp³-hybridized carbons (Fsp3) is 0.467. The number of carboxylic acid groups (broad SMARTS) is 1. The lowest BCUT2D eigenvalue weighted by atomic mass is 9.88. The lowest BCUT2D eigenvalue weighted by Crippen LogP contribution is -2.49. The quantitative estimate of drug-likeness (QED) is 0.288. The number of hydrogen-bond acceptors (Lipinski definition) is 9. The van der Waals surface area contributed by atoms with E-state index in [1.54, 1.807) is 13.8 Å². The van der Waals surface area contributed by atoms with Gasteiger partial charge < -0.3 is 29.6 Å². The first-order valence-electron chi connectivity index (χ1n) is 14.7. The molecule has 5 rings (SSSR count). The van der Waals surface area contributed by atoms with Gasteiger partial charge in [0.25, 0.3) is 0 Å². The Hall–Kier alpha value is -3.57. The maximum atomic E-state index is 14.1. The number of aliphatic hydroxyl groups excluding tert-OH is 1. The number of aliphatic hydroxyl groups is 1. The number of pyridine rings is 1. The molecule has 46 heavy (non-hydrogen) atoms. The normalized spacial score (nSPS) is 19.5. The van der Waals surface area contributed by atoms with Crippen LogP contribution in [-0.4, -0.2) is 103 Å². The summed E-state index contributed by atoms with van der Waals surface area (Å²) in [6, 6.07) is 9.09. The molecule has 1 amide bonds. The van der Waals surface area contributed by atoms with Crippen molar-refractivity contribution in [3.63, 3.8) is 0 Å². The summed E-state index contributed by atoms with van der Waals surface area (Å²) in [5.41, 5.74) is -1.69. The molecule has 16 heteroatoms. The summed E-state index contributed by atoms with van der Waals surface area (Å²) >= 11 is 0. The van der Waals surface area contributed by atoms with Crippen molar-refractivity contribution in [3.05, 3.63) is 64.7 Å². The maximum absolute atomic E-state index is 14.1. The monoisotopic (exact) mass is 681 g/mol. The zero-order chi connectivity index (χ0) is 33.4. The third-order valence-corrected chi connectivity index (χ3v) is 12.6. The van der Waals surface area contributed by atoms with Crippen LogP contribution in [0.15, 0.2) is 63.2 Å². The third-order valence-electron chi connectivity index (χ3n) is 8.56. The number of piperidine rings is 1. The van der Waals surface area contributed by atoms with E-state index in [4.69, 9.17) is 9.47 Å². The van der Waals surface area contributed by atoms with Gasteiger partial charge in [0.2, 0.25) is 15.5 Å². The highest BCUT2D eigenvalue weighted by Crippen LogP contribution is 2.39. The second kappa shape index (κ2) is 12.9. The molecule has 2 unspecified atom stereocenters. The van der Waals surface area contributed by atoms with E-state index >= 15 is 0 Å². The molecule has 2 aromatic carbocycles. The van der Waals surface area contributed by atoms with Crippen LogP contribution in [-0.2, 0) is 24.6 Å². The molecule has 0 aliphatic carbocycles. The molecule has 2 atom stereocenters. The Morgan fingerprint density at radius 3 is 2.54 bits per heavy atom. The Labute approximate surface area is 265 Å². The number of carbonyl (C=O) groups is 1. The molecule has 2 saturated heterocycles. The summed E-state index contributed by atoms with van der Waals surface area (Å²) < 4.78 is 78.6. The van der Waals surface area contributed by atoms with E-state index < -0.39 is 65.1 Å². The molecule has 2 aliphatic heterocycles. The first-order valence-corrected chi connectivity index (χ1v) is 17.7. The number of fused-ring (bicyclic) bond motifs is 1. The number of sulfonamides is 1. The van der Waals surface area contributed by atoms with E-state index in [1.807, 2.05) is 0 Å². The van der Waals surface area contributed by atoms with E-state index in [-0.39, 0.29) is 73.7 Å². The lowest BCUT2D eigenvalue weighted by Gasteiger charge is -2.38. The van der Waals surface area contributed by atoms with Crippen molar-refractivity contribution in [1.29, 1.82) is 0 Å². The van der Waals surface area contributed by atoms with Crippen molar-refractivity contribution in [2.75, 3.05) is 32.8 Å². The van der Waals surface area contributed by atoms with Gasteiger partial charge in [0.05, 0.1) is 40.5 Å². The van der Waals surface area contributed by atoms with E-state index in [2.05, 4.69) is 4.98 Å². The number of aromatic nitrogens is 1. The molecular formula is C30H36FN3O10S2. The van der Waals surface area contributed by atoms with Crippen molar-refractivity contribution in [2.45, 2.75) is 65.9 Å². The topological polar surface area (TPSA) is 184 Å². The van der Waals surface area contributed by atoms with Crippen molar-refractivity contribution >= 4 is 36.9 Å². The largest absolute Gasteiger partial charge is 0.491 e. The molecule has 0 bridgehead atoms. The number of aromatic amines is 1. The average Bonchev–Trinajstić information content (AvgIpc) is 3.42. The number of nitrogens with zero attached hydrogens (tertiary/aromatic N) is 2. The zero-order valence-corrected chi connectivity index (χ0v) is 26.9. The van der Waals surface area contributed by atoms with Crippen LogP contribution in [0.25, 0.3) is 10.9 Å².